The molecule has 0 amide bonds. The van der Waals surface area contributed by atoms with E-state index in [2.05, 4.69) is 20.3 Å². The number of anilines is 2. The van der Waals surface area contributed by atoms with Crippen LogP contribution >= 0.6 is 11.6 Å². The van der Waals surface area contributed by atoms with Crippen LogP contribution in [0.3, 0.4) is 0 Å². The molecule has 2 aromatic heterocycles. The van der Waals surface area contributed by atoms with E-state index >= 15 is 0 Å². The van der Waals surface area contributed by atoms with E-state index in [9.17, 15) is 13.2 Å². The van der Waals surface area contributed by atoms with Gasteiger partial charge in [-0.3, -0.25) is 0 Å². The second kappa shape index (κ2) is 5.00. The van der Waals surface area contributed by atoms with Gasteiger partial charge in [0.2, 0.25) is 5.28 Å². The molecule has 1 N–H and O–H groups in total. The van der Waals surface area contributed by atoms with Gasteiger partial charge in [0.25, 0.3) is 0 Å². The first-order valence-corrected chi connectivity index (χ1v) is 5.54. The lowest BCUT2D eigenvalue weighted by molar-refractivity contribution is -0.137. The Kier molecular flexibility index (Phi) is 3.57. The van der Waals surface area contributed by atoms with Gasteiger partial charge >= 0.3 is 6.18 Å². The van der Waals surface area contributed by atoms with Crippen molar-refractivity contribution in [1.29, 1.82) is 0 Å². The van der Waals surface area contributed by atoms with Crippen LogP contribution in [0.25, 0.3) is 0 Å². The minimum atomic E-state index is -4.42. The molecular formula is C11H8ClF3N4. The summed E-state index contributed by atoms with van der Waals surface area (Å²) >= 11 is 5.66. The van der Waals surface area contributed by atoms with Crippen LogP contribution in [0.1, 0.15) is 11.3 Å². The van der Waals surface area contributed by atoms with Crippen LogP contribution in [0.2, 0.25) is 5.28 Å². The van der Waals surface area contributed by atoms with Crippen LogP contribution in [0.4, 0.5) is 24.8 Å². The number of nitrogens with zero attached hydrogens (tertiary/aromatic N) is 3. The second-order valence-electron chi connectivity index (χ2n) is 3.72. The maximum Gasteiger partial charge on any atom is 0.416 e. The zero-order valence-electron chi connectivity index (χ0n) is 9.66. The van der Waals surface area contributed by atoms with E-state index in [-0.39, 0.29) is 16.9 Å². The average Bonchev–Trinajstić information content (AvgIpc) is 2.26. The van der Waals surface area contributed by atoms with E-state index in [0.29, 0.717) is 5.69 Å². The number of rotatable bonds is 2. The van der Waals surface area contributed by atoms with Crippen molar-refractivity contribution in [3.05, 3.63) is 40.9 Å². The minimum absolute atomic E-state index is 0.00877. The molecule has 0 unspecified atom stereocenters. The Hall–Kier alpha value is -1.89. The molecule has 0 aliphatic carbocycles. The number of hydrogen-bond acceptors (Lipinski definition) is 4. The van der Waals surface area contributed by atoms with Crippen LogP contribution < -0.4 is 5.32 Å². The molecule has 0 spiro atoms. The van der Waals surface area contributed by atoms with E-state index in [0.717, 1.165) is 18.3 Å². The molecule has 0 aliphatic heterocycles. The van der Waals surface area contributed by atoms with Crippen LogP contribution in [0, 0.1) is 6.92 Å². The van der Waals surface area contributed by atoms with Crippen molar-refractivity contribution < 1.29 is 13.2 Å². The highest BCUT2D eigenvalue weighted by Gasteiger charge is 2.30. The first-order valence-electron chi connectivity index (χ1n) is 5.16. The summed E-state index contributed by atoms with van der Waals surface area (Å²) in [5, 5.41) is 2.66. The van der Waals surface area contributed by atoms with Crippen LogP contribution in [-0.4, -0.2) is 15.0 Å². The quantitative estimate of drug-likeness (QED) is 0.858. The van der Waals surface area contributed by atoms with Gasteiger partial charge in [-0.2, -0.15) is 13.2 Å². The summed E-state index contributed by atoms with van der Waals surface area (Å²) in [4.78, 5) is 11.5. The van der Waals surface area contributed by atoms with Crippen molar-refractivity contribution in [2.24, 2.45) is 0 Å². The Balaban J connectivity index is 2.28. The number of nitrogens with one attached hydrogen (secondary N) is 1. The Morgan fingerprint density at radius 3 is 2.53 bits per heavy atom. The smallest absolute Gasteiger partial charge is 0.325 e. The monoisotopic (exact) mass is 288 g/mol. The molecule has 0 fully saturated rings. The summed E-state index contributed by atoms with van der Waals surface area (Å²) in [6.07, 6.45) is -3.35. The SMILES string of the molecule is Cc1cc(Nc2cc(C(F)(F)F)ccn2)nc(Cl)n1. The Labute approximate surface area is 111 Å². The van der Waals surface area contributed by atoms with Crippen molar-refractivity contribution in [2.75, 3.05) is 5.32 Å². The Bertz CT molecular complexity index is 580. The normalized spacial score (nSPS) is 11.4. The first kappa shape index (κ1) is 13.5. The minimum Gasteiger partial charge on any atom is -0.325 e. The van der Waals surface area contributed by atoms with E-state index in [1.54, 1.807) is 13.0 Å². The number of halogens is 4. The Morgan fingerprint density at radius 1 is 1.16 bits per heavy atom. The third kappa shape index (κ3) is 3.54. The molecule has 100 valence electrons. The van der Waals surface area contributed by atoms with Crippen LogP contribution in [0.15, 0.2) is 24.4 Å². The maximum absolute atomic E-state index is 12.5. The van der Waals surface area contributed by atoms with Gasteiger partial charge in [-0.1, -0.05) is 0 Å². The molecule has 0 aromatic carbocycles. The summed E-state index contributed by atoms with van der Waals surface area (Å²) in [6.45, 7) is 1.69. The standard InChI is InChI=1S/C11H8ClF3N4/c1-6-4-9(19-10(12)17-6)18-8-5-7(2-3-16-8)11(13,14)15/h2-5H,1H3,(H,16,17,18,19). The molecule has 0 saturated carbocycles. The third-order valence-electron chi connectivity index (χ3n) is 2.17. The molecule has 2 rings (SSSR count). The lowest BCUT2D eigenvalue weighted by Gasteiger charge is -2.09. The number of aryl methyl sites for hydroxylation is 1. The molecule has 0 saturated heterocycles. The summed E-state index contributed by atoms with van der Waals surface area (Å²) in [7, 11) is 0. The molecule has 2 aromatic rings. The fourth-order valence-electron chi connectivity index (χ4n) is 1.40. The van der Waals surface area contributed by atoms with E-state index in [1.807, 2.05) is 0 Å². The summed E-state index contributed by atoms with van der Waals surface area (Å²) < 4.78 is 37.6. The lowest BCUT2D eigenvalue weighted by atomic mass is 10.2. The predicted molar refractivity (Wildman–Crippen MR) is 64.3 cm³/mol. The highest BCUT2D eigenvalue weighted by molar-refractivity contribution is 6.28. The number of aromatic nitrogens is 3. The van der Waals surface area contributed by atoms with E-state index in [1.165, 1.54) is 0 Å². The molecule has 0 atom stereocenters. The average molecular weight is 289 g/mol. The van der Waals surface area contributed by atoms with Gasteiger partial charge in [0.1, 0.15) is 11.6 Å². The van der Waals surface area contributed by atoms with Crippen molar-refractivity contribution in [2.45, 2.75) is 13.1 Å². The predicted octanol–water partition coefficient (Wildman–Crippen LogP) is 3.60. The molecule has 2 heterocycles. The fourth-order valence-corrected chi connectivity index (χ4v) is 1.63. The number of hydrogen-bond donors (Lipinski definition) is 1. The van der Waals surface area contributed by atoms with Gasteiger partial charge in [0.05, 0.1) is 5.56 Å². The fraction of sp³-hybridized carbons (Fsp3) is 0.182. The van der Waals surface area contributed by atoms with Gasteiger partial charge in [-0.15, -0.1) is 0 Å². The first-order chi connectivity index (χ1) is 8.84. The number of alkyl halides is 3. The maximum atomic E-state index is 12.5. The highest BCUT2D eigenvalue weighted by Crippen LogP contribution is 2.30. The molecule has 0 aliphatic rings. The highest BCUT2D eigenvalue weighted by atomic mass is 35.5. The van der Waals surface area contributed by atoms with Crippen molar-refractivity contribution in [3.63, 3.8) is 0 Å². The van der Waals surface area contributed by atoms with Gasteiger partial charge in [-0.25, -0.2) is 15.0 Å². The molecule has 4 nitrogen and oxygen atoms in total. The topological polar surface area (TPSA) is 50.7 Å². The third-order valence-corrected chi connectivity index (χ3v) is 2.34. The molecule has 19 heavy (non-hydrogen) atoms. The summed E-state index contributed by atoms with van der Waals surface area (Å²) in [6, 6.07) is 3.34. The van der Waals surface area contributed by atoms with Crippen LogP contribution in [-0.2, 0) is 6.18 Å². The van der Waals surface area contributed by atoms with Crippen molar-refractivity contribution in [3.8, 4) is 0 Å². The molecule has 0 bridgehead atoms. The second-order valence-corrected chi connectivity index (χ2v) is 4.05. The van der Waals surface area contributed by atoms with Gasteiger partial charge in [-0.05, 0) is 30.7 Å². The molecule has 8 heteroatoms. The molecular weight excluding hydrogens is 281 g/mol. The molecule has 0 radical (unpaired) electrons. The summed E-state index contributed by atoms with van der Waals surface area (Å²) in [5.41, 5.74) is -0.198. The Morgan fingerprint density at radius 2 is 1.89 bits per heavy atom. The van der Waals surface area contributed by atoms with E-state index < -0.39 is 11.7 Å². The lowest BCUT2D eigenvalue weighted by Crippen LogP contribution is -2.06. The van der Waals surface area contributed by atoms with Gasteiger partial charge < -0.3 is 5.32 Å². The van der Waals surface area contributed by atoms with Gasteiger partial charge in [0.15, 0.2) is 0 Å². The largest absolute Gasteiger partial charge is 0.416 e. The summed E-state index contributed by atoms with van der Waals surface area (Å²) in [5.74, 6) is 0.313. The van der Waals surface area contributed by atoms with Crippen molar-refractivity contribution >= 4 is 23.2 Å². The van der Waals surface area contributed by atoms with Crippen LogP contribution in [0.5, 0.6) is 0 Å². The zero-order chi connectivity index (χ0) is 14.0. The zero-order valence-corrected chi connectivity index (χ0v) is 10.4. The van der Waals surface area contributed by atoms with Gasteiger partial charge in [0, 0.05) is 18.0 Å². The van der Waals surface area contributed by atoms with Crippen molar-refractivity contribution in [1.82, 2.24) is 15.0 Å². The van der Waals surface area contributed by atoms with E-state index in [4.69, 9.17) is 11.6 Å². The number of pyridine rings is 1.